The maximum absolute atomic E-state index is 13.3. The van der Waals surface area contributed by atoms with E-state index in [9.17, 15) is 4.79 Å². The third-order valence-corrected chi connectivity index (χ3v) is 5.77. The second-order valence-corrected chi connectivity index (χ2v) is 7.38. The molecular formula is C23H31ClN2O. The number of amides is 2. The van der Waals surface area contributed by atoms with Gasteiger partial charge in [0.2, 0.25) is 0 Å². The highest BCUT2D eigenvalue weighted by atomic mass is 35.5. The molecule has 0 saturated heterocycles. The fourth-order valence-corrected chi connectivity index (χ4v) is 3.93. The number of benzene rings is 2. The van der Waals surface area contributed by atoms with Crippen LogP contribution in [0, 0.1) is 0 Å². The molecule has 1 N–H and O–H groups in total. The van der Waals surface area contributed by atoms with Crippen LogP contribution in [0.1, 0.15) is 64.1 Å². The predicted octanol–water partition coefficient (Wildman–Crippen LogP) is 6.54. The van der Waals surface area contributed by atoms with Crippen LogP contribution in [0.2, 0.25) is 5.02 Å². The van der Waals surface area contributed by atoms with Crippen LogP contribution >= 0.6 is 11.6 Å². The third-order valence-electron chi connectivity index (χ3n) is 5.43. The maximum atomic E-state index is 13.3. The van der Waals surface area contributed by atoms with Gasteiger partial charge in [-0.2, -0.15) is 0 Å². The van der Waals surface area contributed by atoms with Crippen LogP contribution < -0.4 is 5.32 Å². The van der Waals surface area contributed by atoms with Gasteiger partial charge in [0.05, 0.1) is 11.6 Å². The maximum Gasteiger partial charge on any atom is 0.318 e. The number of nitrogens with zero attached hydrogens (tertiary/aromatic N) is 1. The van der Waals surface area contributed by atoms with Crippen LogP contribution in [-0.4, -0.2) is 17.5 Å². The minimum atomic E-state index is -0.370. The average Bonchev–Trinajstić information content (AvgIpc) is 2.70. The number of urea groups is 1. The van der Waals surface area contributed by atoms with Crippen molar-refractivity contribution in [2.45, 2.75) is 58.5 Å². The second-order valence-electron chi connectivity index (χ2n) is 6.98. The molecule has 0 fully saturated rings. The summed E-state index contributed by atoms with van der Waals surface area (Å²) in [5.74, 6) is 0. The molecule has 0 aliphatic heterocycles. The van der Waals surface area contributed by atoms with Crippen molar-refractivity contribution < 1.29 is 4.79 Å². The van der Waals surface area contributed by atoms with E-state index in [0.29, 0.717) is 11.6 Å². The molecule has 0 spiro atoms. The van der Waals surface area contributed by atoms with E-state index in [0.717, 1.165) is 30.4 Å². The van der Waals surface area contributed by atoms with Crippen LogP contribution in [0.3, 0.4) is 0 Å². The van der Waals surface area contributed by atoms with E-state index in [-0.39, 0.29) is 17.6 Å². The quantitative estimate of drug-likeness (QED) is 0.548. The van der Waals surface area contributed by atoms with E-state index in [1.807, 2.05) is 54.3 Å². The number of hydrogen-bond donors (Lipinski definition) is 1. The summed E-state index contributed by atoms with van der Waals surface area (Å²) in [6.07, 6.45) is 2.55. The van der Waals surface area contributed by atoms with E-state index in [2.05, 4.69) is 38.2 Å². The molecule has 0 aliphatic carbocycles. The van der Waals surface area contributed by atoms with Crippen LogP contribution in [0.15, 0.2) is 54.6 Å². The summed E-state index contributed by atoms with van der Waals surface area (Å²) >= 11 is 6.39. The summed E-state index contributed by atoms with van der Waals surface area (Å²) in [6, 6.07) is 17.8. The molecule has 0 aromatic heterocycles. The molecule has 0 aliphatic rings. The molecule has 0 radical (unpaired) electrons. The number of nitrogens with one attached hydrogen (secondary N) is 1. The molecule has 2 aromatic carbocycles. The molecule has 2 rings (SSSR count). The summed E-state index contributed by atoms with van der Waals surface area (Å²) in [4.78, 5) is 15.2. The highest BCUT2D eigenvalue weighted by molar-refractivity contribution is 6.31. The molecule has 0 heterocycles. The van der Waals surface area contributed by atoms with E-state index < -0.39 is 0 Å². The number of hydrogen-bond acceptors (Lipinski definition) is 1. The molecule has 4 heteroatoms. The van der Waals surface area contributed by atoms with E-state index in [1.165, 1.54) is 0 Å². The molecule has 0 saturated carbocycles. The average molecular weight is 387 g/mol. The summed E-state index contributed by atoms with van der Waals surface area (Å²) in [6.45, 7) is 9.05. The van der Waals surface area contributed by atoms with E-state index in [4.69, 9.17) is 11.6 Å². The van der Waals surface area contributed by atoms with Gasteiger partial charge in [-0.3, -0.25) is 0 Å². The standard InChI is InChI=1S/C23H31ClN2O/c1-5-17-26(18(4)20-15-11-12-16-21(20)24)22(27)25-23(6-2,7-3)19-13-9-8-10-14-19/h8-16,18H,5-7,17H2,1-4H3,(H,25,27). The van der Waals surface area contributed by atoms with Gasteiger partial charge in [-0.15, -0.1) is 0 Å². The number of carbonyl (C=O) groups is 1. The molecule has 2 amide bonds. The molecule has 2 aromatic rings. The summed E-state index contributed by atoms with van der Waals surface area (Å²) < 4.78 is 0. The predicted molar refractivity (Wildman–Crippen MR) is 114 cm³/mol. The number of rotatable bonds is 8. The first-order valence-corrected chi connectivity index (χ1v) is 10.3. The van der Waals surface area contributed by atoms with Crippen molar-refractivity contribution in [3.8, 4) is 0 Å². The van der Waals surface area contributed by atoms with Crippen LogP contribution in [0.5, 0.6) is 0 Å². The van der Waals surface area contributed by atoms with Gasteiger partial charge in [0.1, 0.15) is 0 Å². The normalized spacial score (nSPS) is 12.5. The Balaban J connectivity index is 2.31. The molecular weight excluding hydrogens is 356 g/mol. The van der Waals surface area contributed by atoms with Gasteiger partial charge >= 0.3 is 6.03 Å². The van der Waals surface area contributed by atoms with Gasteiger partial charge in [-0.1, -0.05) is 80.9 Å². The zero-order chi connectivity index (χ0) is 19.9. The fourth-order valence-electron chi connectivity index (χ4n) is 3.63. The summed E-state index contributed by atoms with van der Waals surface area (Å²) in [7, 11) is 0. The van der Waals surface area contributed by atoms with Gasteiger partial charge in [0, 0.05) is 11.6 Å². The van der Waals surface area contributed by atoms with Gasteiger partial charge in [0.25, 0.3) is 0 Å². The Hall–Kier alpha value is -2.00. The molecule has 1 atom stereocenters. The zero-order valence-corrected chi connectivity index (χ0v) is 17.6. The largest absolute Gasteiger partial charge is 0.328 e. The van der Waals surface area contributed by atoms with Crippen molar-refractivity contribution in [2.75, 3.05) is 6.54 Å². The summed E-state index contributed by atoms with van der Waals surface area (Å²) in [5, 5.41) is 4.04. The van der Waals surface area contributed by atoms with Gasteiger partial charge in [-0.05, 0) is 43.4 Å². The van der Waals surface area contributed by atoms with E-state index >= 15 is 0 Å². The van der Waals surface area contributed by atoms with Crippen molar-refractivity contribution in [3.05, 3.63) is 70.7 Å². The van der Waals surface area contributed by atoms with Crippen molar-refractivity contribution in [2.24, 2.45) is 0 Å². The monoisotopic (exact) mass is 386 g/mol. The topological polar surface area (TPSA) is 32.3 Å². The lowest BCUT2D eigenvalue weighted by molar-refractivity contribution is 0.161. The third kappa shape index (κ3) is 4.84. The zero-order valence-electron chi connectivity index (χ0n) is 16.8. The SMILES string of the molecule is CCCN(C(=O)NC(CC)(CC)c1ccccc1)C(C)c1ccccc1Cl. The Morgan fingerprint density at radius 1 is 1.04 bits per heavy atom. The minimum Gasteiger partial charge on any atom is -0.328 e. The first-order chi connectivity index (χ1) is 13.0. The lowest BCUT2D eigenvalue weighted by atomic mass is 9.85. The molecule has 146 valence electrons. The van der Waals surface area contributed by atoms with Crippen molar-refractivity contribution in [3.63, 3.8) is 0 Å². The van der Waals surface area contributed by atoms with Crippen molar-refractivity contribution in [1.82, 2.24) is 10.2 Å². The highest BCUT2D eigenvalue weighted by Gasteiger charge is 2.33. The van der Waals surface area contributed by atoms with Crippen LogP contribution in [0.4, 0.5) is 4.79 Å². The van der Waals surface area contributed by atoms with Crippen molar-refractivity contribution >= 4 is 17.6 Å². The molecule has 1 unspecified atom stereocenters. The molecule has 27 heavy (non-hydrogen) atoms. The Morgan fingerprint density at radius 2 is 1.63 bits per heavy atom. The van der Waals surface area contributed by atoms with Gasteiger partial charge < -0.3 is 10.2 Å². The Bertz CT molecular complexity index is 728. The molecule has 0 bridgehead atoms. The van der Waals surface area contributed by atoms with Gasteiger partial charge in [-0.25, -0.2) is 4.79 Å². The molecule has 3 nitrogen and oxygen atoms in total. The number of halogens is 1. The van der Waals surface area contributed by atoms with Crippen LogP contribution in [0.25, 0.3) is 0 Å². The number of carbonyl (C=O) groups excluding carboxylic acids is 1. The lowest BCUT2D eigenvalue weighted by Crippen LogP contribution is -2.51. The minimum absolute atomic E-state index is 0.0446. The fraction of sp³-hybridized carbons (Fsp3) is 0.435. The van der Waals surface area contributed by atoms with Gasteiger partial charge in [0.15, 0.2) is 0 Å². The van der Waals surface area contributed by atoms with E-state index in [1.54, 1.807) is 0 Å². The Kier molecular flexibility index (Phi) is 7.73. The van der Waals surface area contributed by atoms with Crippen molar-refractivity contribution in [1.29, 1.82) is 0 Å². The Labute approximate surface area is 168 Å². The smallest absolute Gasteiger partial charge is 0.318 e. The van der Waals surface area contributed by atoms with Crippen LogP contribution in [-0.2, 0) is 5.54 Å². The lowest BCUT2D eigenvalue weighted by Gasteiger charge is -2.38. The second kappa shape index (κ2) is 9.80. The highest BCUT2D eigenvalue weighted by Crippen LogP contribution is 2.31. The first-order valence-electron chi connectivity index (χ1n) is 9.87. The first kappa shape index (κ1) is 21.3. The Morgan fingerprint density at radius 3 is 2.19 bits per heavy atom. The summed E-state index contributed by atoms with van der Waals surface area (Å²) in [5.41, 5.74) is 1.75.